The van der Waals surface area contributed by atoms with Gasteiger partial charge in [0, 0.05) is 6.04 Å². The van der Waals surface area contributed by atoms with Crippen molar-refractivity contribution >= 4 is 11.9 Å². The molecule has 5 atom stereocenters. The number of carbonyl (C=O) groups is 2. The minimum atomic E-state index is -0.852. The second-order valence-corrected chi connectivity index (χ2v) is 5.98. The van der Waals surface area contributed by atoms with Crippen LogP contribution in [-0.4, -0.2) is 35.2 Å². The molecule has 0 aromatic carbocycles. The normalized spacial score (nSPS) is 35.9. The first-order valence-corrected chi connectivity index (χ1v) is 7.07. The monoisotopic (exact) mass is 269 g/mol. The van der Waals surface area contributed by atoms with Gasteiger partial charge in [-0.1, -0.05) is 6.92 Å². The first-order chi connectivity index (χ1) is 8.90. The molecule has 2 aliphatic rings. The van der Waals surface area contributed by atoms with Crippen LogP contribution in [0.4, 0.5) is 0 Å². The first-order valence-electron chi connectivity index (χ1n) is 7.07. The molecule has 5 heteroatoms. The summed E-state index contributed by atoms with van der Waals surface area (Å²) >= 11 is 0. The van der Waals surface area contributed by atoms with E-state index in [0.29, 0.717) is 5.92 Å². The SMILES string of the molecule is CC1OC(C)C(C(=O)NC(CC(=O)O)C2CC2)C1C. The van der Waals surface area contributed by atoms with E-state index in [1.807, 2.05) is 20.8 Å². The summed E-state index contributed by atoms with van der Waals surface area (Å²) in [6.07, 6.45) is 2.02. The molecule has 1 aliphatic heterocycles. The first kappa shape index (κ1) is 14.3. The lowest BCUT2D eigenvalue weighted by Gasteiger charge is -2.22. The van der Waals surface area contributed by atoms with Crippen molar-refractivity contribution in [3.63, 3.8) is 0 Å². The molecule has 0 aromatic rings. The summed E-state index contributed by atoms with van der Waals surface area (Å²) in [5.41, 5.74) is 0. The van der Waals surface area contributed by atoms with Crippen molar-refractivity contribution < 1.29 is 19.4 Å². The van der Waals surface area contributed by atoms with E-state index in [2.05, 4.69) is 5.32 Å². The average molecular weight is 269 g/mol. The maximum absolute atomic E-state index is 12.4. The molecule has 0 bridgehead atoms. The summed E-state index contributed by atoms with van der Waals surface area (Å²) in [5, 5.41) is 11.8. The van der Waals surface area contributed by atoms with Gasteiger partial charge in [-0.05, 0) is 38.5 Å². The van der Waals surface area contributed by atoms with Gasteiger partial charge in [0.25, 0.3) is 0 Å². The molecular formula is C14H23NO4. The largest absolute Gasteiger partial charge is 0.481 e. The number of carboxylic acid groups (broad SMARTS) is 1. The number of rotatable bonds is 5. The number of carbonyl (C=O) groups excluding carboxylic acids is 1. The lowest BCUT2D eigenvalue weighted by Crippen LogP contribution is -2.44. The van der Waals surface area contributed by atoms with Crippen LogP contribution in [0.15, 0.2) is 0 Å². The van der Waals surface area contributed by atoms with E-state index >= 15 is 0 Å². The number of ether oxygens (including phenoxy) is 1. The maximum Gasteiger partial charge on any atom is 0.305 e. The van der Waals surface area contributed by atoms with Crippen LogP contribution >= 0.6 is 0 Å². The summed E-state index contributed by atoms with van der Waals surface area (Å²) in [4.78, 5) is 23.2. The fourth-order valence-corrected chi connectivity index (χ4v) is 3.02. The number of hydrogen-bond donors (Lipinski definition) is 2. The summed E-state index contributed by atoms with van der Waals surface area (Å²) in [7, 11) is 0. The quantitative estimate of drug-likeness (QED) is 0.791. The topological polar surface area (TPSA) is 75.6 Å². The lowest BCUT2D eigenvalue weighted by molar-refractivity contribution is -0.138. The molecule has 2 rings (SSSR count). The Kier molecular flexibility index (Phi) is 4.13. The minimum absolute atomic E-state index is 0.0162. The van der Waals surface area contributed by atoms with Crippen LogP contribution in [0.5, 0.6) is 0 Å². The molecule has 1 saturated carbocycles. The van der Waals surface area contributed by atoms with Gasteiger partial charge in [0.15, 0.2) is 0 Å². The second kappa shape index (κ2) is 5.49. The second-order valence-electron chi connectivity index (χ2n) is 5.98. The molecule has 2 fully saturated rings. The van der Waals surface area contributed by atoms with Gasteiger partial charge in [0.05, 0.1) is 24.5 Å². The van der Waals surface area contributed by atoms with Gasteiger partial charge >= 0.3 is 5.97 Å². The highest BCUT2D eigenvalue weighted by molar-refractivity contribution is 5.81. The molecule has 1 saturated heterocycles. The van der Waals surface area contributed by atoms with Crippen molar-refractivity contribution in [2.45, 2.75) is 58.3 Å². The Morgan fingerprint density at radius 3 is 2.32 bits per heavy atom. The fourth-order valence-electron chi connectivity index (χ4n) is 3.02. The van der Waals surface area contributed by atoms with E-state index in [4.69, 9.17) is 9.84 Å². The zero-order valence-corrected chi connectivity index (χ0v) is 11.8. The molecule has 1 heterocycles. The third-order valence-electron chi connectivity index (χ3n) is 4.46. The Bertz CT molecular complexity index is 366. The summed E-state index contributed by atoms with van der Waals surface area (Å²) < 4.78 is 5.67. The molecule has 0 spiro atoms. The molecule has 0 aromatic heterocycles. The van der Waals surface area contributed by atoms with Crippen LogP contribution in [0.3, 0.4) is 0 Å². The Hall–Kier alpha value is -1.10. The van der Waals surface area contributed by atoms with Crippen molar-refractivity contribution in [3.8, 4) is 0 Å². The Morgan fingerprint density at radius 1 is 1.26 bits per heavy atom. The van der Waals surface area contributed by atoms with Crippen LogP contribution in [0.25, 0.3) is 0 Å². The number of carboxylic acids is 1. The molecule has 0 radical (unpaired) electrons. The van der Waals surface area contributed by atoms with E-state index in [0.717, 1.165) is 12.8 Å². The van der Waals surface area contributed by atoms with Crippen molar-refractivity contribution in [1.29, 1.82) is 0 Å². The minimum Gasteiger partial charge on any atom is -0.481 e. The third kappa shape index (κ3) is 3.26. The summed E-state index contributed by atoms with van der Waals surface area (Å²) in [6.45, 7) is 5.90. The van der Waals surface area contributed by atoms with Crippen LogP contribution < -0.4 is 5.32 Å². The number of hydrogen-bond acceptors (Lipinski definition) is 3. The Balaban J connectivity index is 1.97. The Labute approximate surface area is 113 Å². The maximum atomic E-state index is 12.4. The number of amides is 1. The average Bonchev–Trinajstić information content (AvgIpc) is 3.07. The van der Waals surface area contributed by atoms with Crippen LogP contribution in [0, 0.1) is 17.8 Å². The van der Waals surface area contributed by atoms with Gasteiger partial charge in [-0.3, -0.25) is 9.59 Å². The third-order valence-corrected chi connectivity index (χ3v) is 4.46. The van der Waals surface area contributed by atoms with E-state index in [1.54, 1.807) is 0 Å². The van der Waals surface area contributed by atoms with E-state index in [-0.39, 0.29) is 42.4 Å². The van der Waals surface area contributed by atoms with E-state index < -0.39 is 5.97 Å². The molecule has 5 unspecified atom stereocenters. The Morgan fingerprint density at radius 2 is 1.89 bits per heavy atom. The van der Waals surface area contributed by atoms with Gasteiger partial charge in [0.1, 0.15) is 0 Å². The van der Waals surface area contributed by atoms with Gasteiger partial charge in [-0.15, -0.1) is 0 Å². The van der Waals surface area contributed by atoms with Gasteiger partial charge in [0.2, 0.25) is 5.91 Å². The molecule has 1 amide bonds. The standard InChI is InChI=1S/C14H23NO4/c1-7-8(2)19-9(3)13(7)14(18)15-11(6-12(16)17)10-4-5-10/h7-11,13H,4-6H2,1-3H3,(H,15,18)(H,16,17). The zero-order valence-electron chi connectivity index (χ0n) is 11.8. The van der Waals surface area contributed by atoms with Gasteiger partial charge < -0.3 is 15.2 Å². The lowest BCUT2D eigenvalue weighted by atomic mass is 9.88. The van der Waals surface area contributed by atoms with Crippen molar-refractivity contribution in [2.24, 2.45) is 17.8 Å². The van der Waals surface area contributed by atoms with Gasteiger partial charge in [-0.25, -0.2) is 0 Å². The molecule has 1 aliphatic carbocycles. The molecular weight excluding hydrogens is 246 g/mol. The number of nitrogens with one attached hydrogen (secondary N) is 1. The highest BCUT2D eigenvalue weighted by atomic mass is 16.5. The van der Waals surface area contributed by atoms with E-state index in [1.165, 1.54) is 0 Å². The molecule has 2 N–H and O–H groups in total. The fraction of sp³-hybridized carbons (Fsp3) is 0.857. The zero-order chi connectivity index (χ0) is 14.2. The van der Waals surface area contributed by atoms with Crippen LogP contribution in [0.2, 0.25) is 0 Å². The highest BCUT2D eigenvalue weighted by Gasteiger charge is 2.43. The number of aliphatic carboxylic acids is 1. The summed E-state index contributed by atoms with van der Waals surface area (Å²) in [6, 6.07) is -0.222. The molecule has 5 nitrogen and oxygen atoms in total. The molecule has 19 heavy (non-hydrogen) atoms. The predicted molar refractivity (Wildman–Crippen MR) is 69.6 cm³/mol. The van der Waals surface area contributed by atoms with Gasteiger partial charge in [-0.2, -0.15) is 0 Å². The highest BCUT2D eigenvalue weighted by Crippen LogP contribution is 2.36. The summed E-state index contributed by atoms with van der Waals surface area (Å²) in [5.74, 6) is -0.577. The van der Waals surface area contributed by atoms with Crippen molar-refractivity contribution in [2.75, 3.05) is 0 Å². The smallest absolute Gasteiger partial charge is 0.305 e. The van der Waals surface area contributed by atoms with Crippen molar-refractivity contribution in [1.82, 2.24) is 5.32 Å². The van der Waals surface area contributed by atoms with Crippen LogP contribution in [0.1, 0.15) is 40.0 Å². The van der Waals surface area contributed by atoms with Crippen molar-refractivity contribution in [3.05, 3.63) is 0 Å². The molecule has 108 valence electrons. The van der Waals surface area contributed by atoms with E-state index in [9.17, 15) is 9.59 Å². The van der Waals surface area contributed by atoms with Crippen LogP contribution in [-0.2, 0) is 14.3 Å². The predicted octanol–water partition coefficient (Wildman–Crippen LogP) is 1.42.